The quantitative estimate of drug-likeness (QED) is 0.0230. The van der Waals surface area contributed by atoms with Gasteiger partial charge in [0.25, 0.3) is 0 Å². The Morgan fingerprint density at radius 3 is 1.42 bits per heavy atom. The molecule has 0 amide bonds. The van der Waals surface area contributed by atoms with Crippen molar-refractivity contribution in [3.8, 4) is 0 Å². The summed E-state index contributed by atoms with van der Waals surface area (Å²) in [5.74, 6) is -2.39. The molecule has 11 nitrogen and oxygen atoms in total. The van der Waals surface area contributed by atoms with Crippen LogP contribution in [0.5, 0.6) is 0 Å². The van der Waals surface area contributed by atoms with Gasteiger partial charge in [0.2, 0.25) is 0 Å². The van der Waals surface area contributed by atoms with Crippen LogP contribution in [0.3, 0.4) is 0 Å². The highest BCUT2D eigenvalue weighted by Gasteiger charge is 2.28. The van der Waals surface area contributed by atoms with Gasteiger partial charge in [-0.25, -0.2) is 4.57 Å². The Morgan fingerprint density at radius 2 is 0.933 bits per heavy atom. The van der Waals surface area contributed by atoms with E-state index in [0.29, 0.717) is 12.8 Å². The minimum absolute atomic E-state index is 0.149. The minimum Gasteiger partial charge on any atom is -0.480 e. The molecule has 0 bridgehead atoms. The van der Waals surface area contributed by atoms with Crippen molar-refractivity contribution in [2.45, 2.75) is 219 Å². The van der Waals surface area contributed by atoms with E-state index in [-0.39, 0.29) is 19.4 Å². The molecule has 0 aliphatic rings. The molecule has 0 aromatic carbocycles. The summed E-state index contributed by atoms with van der Waals surface area (Å²) in [4.78, 5) is 46.1. The Morgan fingerprint density at radius 1 is 0.533 bits per heavy atom. The highest BCUT2D eigenvalue weighted by atomic mass is 31.2. The molecule has 0 saturated carbocycles. The SMILES string of the molecule is CC/C=C\C/C=C\C/C=C\CCCCCCCCCC(=O)OC(COC(=O)CCCCCCCCCCC/C=C\CCCCCCCC)COP(=O)(O)OCC(N)C(=O)O. The van der Waals surface area contributed by atoms with E-state index in [9.17, 15) is 23.8 Å². The van der Waals surface area contributed by atoms with E-state index in [2.05, 4.69) is 67.0 Å². The van der Waals surface area contributed by atoms with E-state index in [1.165, 1.54) is 89.9 Å². The fourth-order valence-corrected chi connectivity index (χ4v) is 7.15. The van der Waals surface area contributed by atoms with Gasteiger partial charge in [-0.2, -0.15) is 0 Å². The Balaban J connectivity index is 4.31. The second kappa shape index (κ2) is 43.1. The number of carbonyl (C=O) groups is 3. The first-order valence-electron chi connectivity index (χ1n) is 23.7. The number of ether oxygens (including phenoxy) is 2. The fraction of sp³-hybridized carbons (Fsp3) is 0.771. The van der Waals surface area contributed by atoms with E-state index < -0.39 is 51.1 Å². The lowest BCUT2D eigenvalue weighted by Gasteiger charge is -2.20. The lowest BCUT2D eigenvalue weighted by atomic mass is 10.1. The van der Waals surface area contributed by atoms with Crippen LogP contribution in [0.2, 0.25) is 0 Å². The number of rotatable bonds is 44. The molecule has 0 aromatic heterocycles. The second-order valence-corrected chi connectivity index (χ2v) is 17.3. The van der Waals surface area contributed by atoms with Crippen molar-refractivity contribution in [2.24, 2.45) is 5.73 Å². The highest BCUT2D eigenvalue weighted by molar-refractivity contribution is 7.47. The van der Waals surface area contributed by atoms with Gasteiger partial charge >= 0.3 is 25.7 Å². The van der Waals surface area contributed by atoms with Crippen molar-refractivity contribution in [3.63, 3.8) is 0 Å². The number of carboxylic acid groups (broad SMARTS) is 1. The molecule has 348 valence electrons. The van der Waals surface area contributed by atoms with Gasteiger partial charge in [0.05, 0.1) is 13.2 Å². The van der Waals surface area contributed by atoms with Crippen molar-refractivity contribution in [1.29, 1.82) is 0 Å². The van der Waals surface area contributed by atoms with Gasteiger partial charge in [-0.1, -0.05) is 172 Å². The minimum atomic E-state index is -4.72. The predicted octanol–water partition coefficient (Wildman–Crippen LogP) is 13.0. The summed E-state index contributed by atoms with van der Waals surface area (Å²) in [5.41, 5.74) is 5.34. The van der Waals surface area contributed by atoms with Crippen molar-refractivity contribution < 1.29 is 47.5 Å². The number of phosphoric ester groups is 1. The number of carbonyl (C=O) groups excluding carboxylic acids is 2. The number of carboxylic acids is 1. The normalized spacial score (nSPS) is 14.1. The highest BCUT2D eigenvalue weighted by Crippen LogP contribution is 2.43. The lowest BCUT2D eigenvalue weighted by Crippen LogP contribution is -2.34. The van der Waals surface area contributed by atoms with Crippen LogP contribution in [0.4, 0.5) is 0 Å². The van der Waals surface area contributed by atoms with Gasteiger partial charge in [0, 0.05) is 12.8 Å². The molecule has 4 N–H and O–H groups in total. The molecular formula is C48H86NO10P. The van der Waals surface area contributed by atoms with E-state index in [4.69, 9.17) is 24.8 Å². The maximum absolute atomic E-state index is 12.7. The van der Waals surface area contributed by atoms with Crippen LogP contribution in [0.1, 0.15) is 206 Å². The maximum atomic E-state index is 12.7. The first kappa shape index (κ1) is 57.4. The van der Waals surface area contributed by atoms with Gasteiger partial charge < -0.3 is 25.2 Å². The number of phosphoric acid groups is 1. The molecule has 60 heavy (non-hydrogen) atoms. The number of esters is 2. The van der Waals surface area contributed by atoms with Crippen LogP contribution in [-0.2, 0) is 37.5 Å². The van der Waals surface area contributed by atoms with Crippen LogP contribution in [-0.4, -0.2) is 59.9 Å². The van der Waals surface area contributed by atoms with Crippen LogP contribution in [0.15, 0.2) is 48.6 Å². The van der Waals surface area contributed by atoms with Crippen LogP contribution < -0.4 is 5.73 Å². The molecule has 0 aliphatic heterocycles. The summed E-state index contributed by atoms with van der Waals surface area (Å²) in [7, 11) is -4.72. The lowest BCUT2D eigenvalue weighted by molar-refractivity contribution is -0.161. The van der Waals surface area contributed by atoms with Gasteiger partial charge in [-0.05, 0) is 70.6 Å². The van der Waals surface area contributed by atoms with E-state index in [0.717, 1.165) is 77.0 Å². The number of hydrogen-bond donors (Lipinski definition) is 3. The number of hydrogen-bond acceptors (Lipinski definition) is 9. The first-order valence-corrected chi connectivity index (χ1v) is 25.2. The average molecular weight is 868 g/mol. The number of unbranched alkanes of at least 4 members (excludes halogenated alkanes) is 22. The Bertz CT molecular complexity index is 1200. The van der Waals surface area contributed by atoms with E-state index in [1.54, 1.807) is 0 Å². The first-order chi connectivity index (χ1) is 29.1. The molecule has 12 heteroatoms. The molecule has 0 aliphatic carbocycles. The molecule has 0 rings (SSSR count). The Hall–Kier alpha value is -2.56. The van der Waals surface area contributed by atoms with Crippen molar-refractivity contribution in [2.75, 3.05) is 19.8 Å². The molecule has 0 radical (unpaired) electrons. The van der Waals surface area contributed by atoms with Crippen LogP contribution in [0.25, 0.3) is 0 Å². The molecular weight excluding hydrogens is 781 g/mol. The summed E-state index contributed by atoms with van der Waals surface area (Å²) in [6.07, 6.45) is 48.8. The van der Waals surface area contributed by atoms with Crippen molar-refractivity contribution in [1.82, 2.24) is 0 Å². The predicted molar refractivity (Wildman–Crippen MR) is 245 cm³/mol. The number of aliphatic carboxylic acids is 1. The smallest absolute Gasteiger partial charge is 0.472 e. The Labute approximate surface area is 365 Å². The zero-order valence-electron chi connectivity index (χ0n) is 37.8. The topological polar surface area (TPSA) is 172 Å². The standard InChI is InChI=1S/C48H86NO10P/c1-3-5-7-9-11-13-15-17-19-21-22-24-25-27-29-31-33-35-37-39-46(50)56-41-44(42-57-60(54,55)58-43-45(49)48(52)53)59-47(51)40-38-36-34-32-30-28-26-23-20-18-16-14-12-10-8-6-4-2/h6,8,12,14,17-20,44-45H,3-5,7,9-11,13,15-16,21-43,49H2,1-2H3,(H,52,53)(H,54,55)/b8-6-,14-12-,19-17-,20-18-. The summed E-state index contributed by atoms with van der Waals surface area (Å²) in [6.45, 7) is 2.69. The summed E-state index contributed by atoms with van der Waals surface area (Å²) in [5, 5.41) is 8.90. The number of allylic oxidation sites excluding steroid dienone is 8. The third-order valence-electron chi connectivity index (χ3n) is 10.1. The zero-order valence-corrected chi connectivity index (χ0v) is 38.7. The summed E-state index contributed by atoms with van der Waals surface area (Å²) < 4.78 is 32.8. The van der Waals surface area contributed by atoms with Gasteiger partial charge in [0.15, 0.2) is 6.10 Å². The molecule has 0 heterocycles. The summed E-state index contributed by atoms with van der Waals surface area (Å²) >= 11 is 0. The Kier molecular flexibility index (Phi) is 41.3. The van der Waals surface area contributed by atoms with Gasteiger partial charge in [-0.3, -0.25) is 23.4 Å². The summed E-state index contributed by atoms with van der Waals surface area (Å²) in [6, 6.07) is -1.52. The molecule has 3 atom stereocenters. The number of nitrogens with two attached hydrogens (primary N) is 1. The zero-order chi connectivity index (χ0) is 44.2. The van der Waals surface area contributed by atoms with Crippen LogP contribution in [0, 0.1) is 0 Å². The maximum Gasteiger partial charge on any atom is 0.472 e. The van der Waals surface area contributed by atoms with Crippen LogP contribution >= 0.6 is 7.82 Å². The third kappa shape index (κ3) is 42.1. The monoisotopic (exact) mass is 868 g/mol. The van der Waals surface area contributed by atoms with E-state index >= 15 is 0 Å². The fourth-order valence-electron chi connectivity index (χ4n) is 6.37. The third-order valence-corrected chi connectivity index (χ3v) is 11.0. The molecule has 0 saturated heterocycles. The molecule has 0 spiro atoms. The molecule has 0 aromatic rings. The molecule has 0 fully saturated rings. The largest absolute Gasteiger partial charge is 0.480 e. The van der Waals surface area contributed by atoms with Gasteiger partial charge in [-0.15, -0.1) is 0 Å². The van der Waals surface area contributed by atoms with Gasteiger partial charge in [0.1, 0.15) is 12.6 Å². The second-order valence-electron chi connectivity index (χ2n) is 15.9. The van der Waals surface area contributed by atoms with Crippen molar-refractivity contribution >= 4 is 25.7 Å². The molecule has 3 unspecified atom stereocenters. The van der Waals surface area contributed by atoms with Crippen molar-refractivity contribution in [3.05, 3.63) is 48.6 Å². The van der Waals surface area contributed by atoms with E-state index in [1.807, 2.05) is 0 Å². The average Bonchev–Trinajstić information content (AvgIpc) is 3.22.